The summed E-state index contributed by atoms with van der Waals surface area (Å²) in [4.78, 5) is 15.9. The zero-order chi connectivity index (χ0) is 23.5. The predicted octanol–water partition coefficient (Wildman–Crippen LogP) is 4.71. The van der Waals surface area contributed by atoms with Crippen molar-refractivity contribution in [3.8, 4) is 0 Å². The van der Waals surface area contributed by atoms with Crippen LogP contribution in [0, 0.1) is 0 Å². The Morgan fingerprint density at radius 1 is 1.12 bits per heavy atom. The SMILES string of the molecule is CCC(CNC(=O)C1(c2cccc(C(F)(F)F)c2)CCOCC1)N1CCc2ccccc2C1. The molecule has 4 rings (SSSR count). The van der Waals surface area contributed by atoms with E-state index in [-0.39, 0.29) is 11.9 Å². The molecule has 2 aliphatic heterocycles. The fourth-order valence-corrected chi connectivity index (χ4v) is 5.10. The molecule has 178 valence electrons. The third-order valence-electron chi connectivity index (χ3n) is 7.17. The van der Waals surface area contributed by atoms with E-state index >= 15 is 0 Å². The normalized spacial score (nSPS) is 19.5. The summed E-state index contributed by atoms with van der Waals surface area (Å²) in [5.74, 6) is -0.207. The van der Waals surface area contributed by atoms with Gasteiger partial charge in [0, 0.05) is 38.9 Å². The van der Waals surface area contributed by atoms with Crippen LogP contribution in [0.4, 0.5) is 13.2 Å². The molecular formula is C26H31F3N2O2. The molecule has 1 fully saturated rings. The molecule has 0 bridgehead atoms. The average molecular weight is 461 g/mol. The van der Waals surface area contributed by atoms with Crippen LogP contribution in [0.15, 0.2) is 48.5 Å². The van der Waals surface area contributed by atoms with Crippen molar-refractivity contribution in [3.63, 3.8) is 0 Å². The van der Waals surface area contributed by atoms with Crippen LogP contribution in [0.3, 0.4) is 0 Å². The second kappa shape index (κ2) is 9.85. The Bertz CT molecular complexity index is 970. The van der Waals surface area contributed by atoms with E-state index in [9.17, 15) is 18.0 Å². The lowest BCUT2D eigenvalue weighted by Crippen LogP contribution is -2.52. The Labute approximate surface area is 193 Å². The highest BCUT2D eigenvalue weighted by molar-refractivity contribution is 5.88. The Kier molecular flexibility index (Phi) is 7.10. The van der Waals surface area contributed by atoms with E-state index in [2.05, 4.69) is 41.4 Å². The number of nitrogens with one attached hydrogen (secondary N) is 1. The molecule has 0 saturated carbocycles. The molecule has 2 aliphatic rings. The molecule has 1 saturated heterocycles. The smallest absolute Gasteiger partial charge is 0.381 e. The van der Waals surface area contributed by atoms with Crippen molar-refractivity contribution in [2.24, 2.45) is 0 Å². The largest absolute Gasteiger partial charge is 0.416 e. The molecule has 0 radical (unpaired) electrons. The van der Waals surface area contributed by atoms with Crippen molar-refractivity contribution in [2.75, 3.05) is 26.3 Å². The number of fused-ring (bicyclic) bond motifs is 1. The molecule has 2 aromatic carbocycles. The van der Waals surface area contributed by atoms with Crippen molar-refractivity contribution in [1.29, 1.82) is 0 Å². The lowest BCUT2D eigenvalue weighted by molar-refractivity contribution is -0.138. The second-order valence-electron chi connectivity index (χ2n) is 9.03. The van der Waals surface area contributed by atoms with Gasteiger partial charge in [-0.15, -0.1) is 0 Å². The van der Waals surface area contributed by atoms with Crippen LogP contribution in [-0.2, 0) is 34.1 Å². The summed E-state index contributed by atoms with van der Waals surface area (Å²) < 4.78 is 45.5. The summed E-state index contributed by atoms with van der Waals surface area (Å²) in [5, 5.41) is 3.10. The molecule has 2 aromatic rings. The van der Waals surface area contributed by atoms with Crippen molar-refractivity contribution < 1.29 is 22.7 Å². The number of halogens is 3. The maximum Gasteiger partial charge on any atom is 0.416 e. The maximum absolute atomic E-state index is 13.5. The van der Waals surface area contributed by atoms with E-state index in [4.69, 9.17) is 4.74 Å². The van der Waals surface area contributed by atoms with Gasteiger partial charge >= 0.3 is 6.18 Å². The molecule has 4 nitrogen and oxygen atoms in total. The van der Waals surface area contributed by atoms with Gasteiger partial charge in [-0.05, 0) is 48.4 Å². The lowest BCUT2D eigenvalue weighted by atomic mass is 9.73. The van der Waals surface area contributed by atoms with Crippen LogP contribution in [0.25, 0.3) is 0 Å². The van der Waals surface area contributed by atoms with E-state index in [0.29, 0.717) is 38.2 Å². The molecule has 33 heavy (non-hydrogen) atoms. The maximum atomic E-state index is 13.5. The van der Waals surface area contributed by atoms with Crippen LogP contribution in [0.2, 0.25) is 0 Å². The number of hydrogen-bond acceptors (Lipinski definition) is 3. The van der Waals surface area contributed by atoms with Crippen LogP contribution in [0.1, 0.15) is 48.4 Å². The Balaban J connectivity index is 1.50. The van der Waals surface area contributed by atoms with Crippen LogP contribution in [0.5, 0.6) is 0 Å². The topological polar surface area (TPSA) is 41.6 Å². The number of carbonyl (C=O) groups excluding carboxylic acids is 1. The first-order valence-corrected chi connectivity index (χ1v) is 11.7. The average Bonchev–Trinajstić information content (AvgIpc) is 2.84. The minimum atomic E-state index is -4.45. The highest BCUT2D eigenvalue weighted by Gasteiger charge is 2.43. The van der Waals surface area contributed by atoms with Crippen LogP contribution < -0.4 is 5.32 Å². The molecular weight excluding hydrogens is 429 g/mol. The summed E-state index contributed by atoms with van der Waals surface area (Å²) in [7, 11) is 0. The van der Waals surface area contributed by atoms with Gasteiger partial charge in [0.1, 0.15) is 0 Å². The van der Waals surface area contributed by atoms with Crippen molar-refractivity contribution >= 4 is 5.91 Å². The number of nitrogens with zero attached hydrogens (tertiary/aromatic N) is 1. The Hall–Kier alpha value is -2.38. The van der Waals surface area contributed by atoms with Crippen LogP contribution >= 0.6 is 0 Å². The summed E-state index contributed by atoms with van der Waals surface area (Å²) >= 11 is 0. The van der Waals surface area contributed by atoms with Gasteiger partial charge in [-0.1, -0.05) is 49.4 Å². The Morgan fingerprint density at radius 3 is 2.55 bits per heavy atom. The third kappa shape index (κ3) is 5.09. The van der Waals surface area contributed by atoms with Gasteiger partial charge in [-0.25, -0.2) is 0 Å². The number of amides is 1. The minimum Gasteiger partial charge on any atom is -0.381 e. The highest BCUT2D eigenvalue weighted by atomic mass is 19.4. The monoisotopic (exact) mass is 460 g/mol. The van der Waals surface area contributed by atoms with E-state index in [1.807, 2.05) is 0 Å². The summed E-state index contributed by atoms with van der Waals surface area (Å²) in [6.45, 7) is 5.05. The molecule has 0 aromatic heterocycles. The number of hydrogen-bond donors (Lipinski definition) is 1. The van der Waals surface area contributed by atoms with Gasteiger partial charge in [0.05, 0.1) is 11.0 Å². The predicted molar refractivity (Wildman–Crippen MR) is 121 cm³/mol. The van der Waals surface area contributed by atoms with Gasteiger partial charge in [-0.3, -0.25) is 9.69 Å². The highest BCUT2D eigenvalue weighted by Crippen LogP contribution is 2.38. The van der Waals surface area contributed by atoms with Crippen LogP contribution in [-0.4, -0.2) is 43.2 Å². The third-order valence-corrected chi connectivity index (χ3v) is 7.17. The first kappa shape index (κ1) is 23.8. The van der Waals surface area contributed by atoms with Gasteiger partial charge in [0.2, 0.25) is 5.91 Å². The first-order chi connectivity index (χ1) is 15.8. The fraction of sp³-hybridized carbons (Fsp3) is 0.500. The zero-order valence-electron chi connectivity index (χ0n) is 19.0. The number of carbonyl (C=O) groups is 1. The quantitative estimate of drug-likeness (QED) is 0.679. The van der Waals surface area contributed by atoms with Crippen molar-refractivity contribution in [1.82, 2.24) is 10.2 Å². The molecule has 1 unspecified atom stereocenters. The molecule has 1 amide bonds. The molecule has 1 N–H and O–H groups in total. The van der Waals surface area contributed by atoms with Crippen molar-refractivity contribution in [2.45, 2.75) is 56.8 Å². The fourth-order valence-electron chi connectivity index (χ4n) is 5.10. The lowest BCUT2D eigenvalue weighted by Gasteiger charge is -2.39. The van der Waals surface area contributed by atoms with Gasteiger partial charge in [0.25, 0.3) is 0 Å². The first-order valence-electron chi connectivity index (χ1n) is 11.7. The second-order valence-corrected chi connectivity index (χ2v) is 9.03. The number of benzene rings is 2. The number of alkyl halides is 3. The standard InChI is InChI=1S/C26H31F3N2O2/c1-2-23(31-13-10-19-6-3-4-7-20(19)18-31)17-30-24(32)25(11-14-33-15-12-25)21-8-5-9-22(16-21)26(27,28)29/h3-9,16,23H,2,10-15,17-18H2,1H3,(H,30,32). The summed E-state index contributed by atoms with van der Waals surface area (Å²) in [6.07, 6.45) is -1.85. The summed E-state index contributed by atoms with van der Waals surface area (Å²) in [6, 6.07) is 13.8. The molecule has 1 atom stereocenters. The minimum absolute atomic E-state index is 0.167. The van der Waals surface area contributed by atoms with E-state index in [1.165, 1.54) is 17.2 Å². The number of ether oxygens (including phenoxy) is 1. The van der Waals surface area contributed by atoms with Gasteiger partial charge in [0.15, 0.2) is 0 Å². The Morgan fingerprint density at radius 2 is 1.85 bits per heavy atom. The van der Waals surface area contributed by atoms with E-state index in [0.717, 1.165) is 38.1 Å². The molecule has 7 heteroatoms. The van der Waals surface area contributed by atoms with Gasteiger partial charge < -0.3 is 10.1 Å². The zero-order valence-corrected chi connectivity index (χ0v) is 19.0. The van der Waals surface area contributed by atoms with Crippen molar-refractivity contribution in [3.05, 3.63) is 70.8 Å². The summed E-state index contributed by atoms with van der Waals surface area (Å²) in [5.41, 5.74) is 1.37. The molecule has 0 spiro atoms. The van der Waals surface area contributed by atoms with Gasteiger partial charge in [-0.2, -0.15) is 13.2 Å². The van der Waals surface area contributed by atoms with E-state index in [1.54, 1.807) is 6.07 Å². The molecule has 2 heterocycles. The molecule has 0 aliphatic carbocycles. The van der Waals surface area contributed by atoms with E-state index < -0.39 is 17.2 Å². The number of rotatable bonds is 6.